The van der Waals surface area contributed by atoms with Crippen molar-refractivity contribution >= 4 is 57.6 Å². The number of anilines is 2. The summed E-state index contributed by atoms with van der Waals surface area (Å²) in [6.07, 6.45) is -17.9. The minimum atomic E-state index is -5.58. The second-order valence-corrected chi connectivity index (χ2v) is 18.5. The molecule has 34 nitrogen and oxygen atoms in total. The first-order chi connectivity index (χ1) is 31.0. The molecule has 14 atom stereocenters. The first-order valence-corrected chi connectivity index (χ1v) is 23.2. The fraction of sp³-hybridized carbons (Fsp3) is 0.517. The lowest BCUT2D eigenvalue weighted by atomic mass is 10.1. The van der Waals surface area contributed by atoms with E-state index in [0.29, 0.717) is 4.57 Å². The van der Waals surface area contributed by atoms with Gasteiger partial charge in [0.05, 0.1) is 32.5 Å². The molecule has 0 radical (unpaired) electrons. The molecule has 3 saturated heterocycles. The van der Waals surface area contributed by atoms with Crippen molar-refractivity contribution in [2.45, 2.75) is 73.6 Å². The minimum Gasteiger partial charge on any atom is -0.387 e. The lowest BCUT2D eigenvalue weighted by Crippen LogP contribution is -2.39. The Morgan fingerprint density at radius 2 is 1.18 bits per heavy atom. The average molecular weight is 999 g/mol. The molecule has 0 aliphatic carbocycles. The van der Waals surface area contributed by atoms with E-state index in [2.05, 4.69) is 34.4 Å². The predicted octanol–water partition coefficient (Wildman–Crippen LogP) is -5.08. The number of aromatic nitrogens is 10. The Labute approximate surface area is 363 Å². The highest BCUT2D eigenvalue weighted by Crippen LogP contribution is 2.52. The van der Waals surface area contributed by atoms with E-state index in [1.807, 2.05) is 4.98 Å². The number of nitrogens with one attached hydrogen (secondary N) is 2. The summed E-state index contributed by atoms with van der Waals surface area (Å²) in [5.41, 5.74) is 8.30. The van der Waals surface area contributed by atoms with Crippen LogP contribution in [0.3, 0.4) is 0 Å². The number of nitrogen functional groups attached to an aromatic ring is 2. The lowest BCUT2D eigenvalue weighted by molar-refractivity contribution is -0.0631. The van der Waals surface area contributed by atoms with Gasteiger partial charge in [-0.1, -0.05) is 0 Å². The van der Waals surface area contributed by atoms with Crippen LogP contribution in [-0.2, 0) is 50.5 Å². The number of nitrogens with zero attached hydrogens (tertiary/aromatic N) is 8. The van der Waals surface area contributed by atoms with E-state index in [9.17, 15) is 68.1 Å². The molecule has 5 aromatic rings. The number of phosphoric acid groups is 3. The Morgan fingerprint density at radius 3 is 1.79 bits per heavy atom. The normalized spacial score (nSPS) is 31.2. The number of imidazole rings is 2. The second kappa shape index (κ2) is 18.0. The maximum Gasteiger partial charge on any atom is 0.472 e. The van der Waals surface area contributed by atoms with E-state index in [4.69, 9.17) is 43.8 Å². The van der Waals surface area contributed by atoms with Crippen molar-refractivity contribution in [1.29, 1.82) is 0 Å². The molecule has 3 aliphatic heterocycles. The van der Waals surface area contributed by atoms with Gasteiger partial charge in [0.1, 0.15) is 66.8 Å². The van der Waals surface area contributed by atoms with Gasteiger partial charge < -0.3 is 65.7 Å². The molecule has 0 amide bonds. The number of phosphoric ester groups is 3. The molecule has 14 N–H and O–H groups in total. The van der Waals surface area contributed by atoms with E-state index >= 15 is 0 Å². The predicted molar refractivity (Wildman–Crippen MR) is 209 cm³/mol. The molecule has 2 unspecified atom stereocenters. The van der Waals surface area contributed by atoms with Gasteiger partial charge in [-0.05, 0) is 0 Å². The topological polar surface area (TPSA) is 501 Å². The molecule has 3 fully saturated rings. The van der Waals surface area contributed by atoms with Crippen LogP contribution >= 0.6 is 23.5 Å². The SMILES string of the molecule is Nc1nc2c(ncn2[C@@H]2O[C@H](COP(=O)(O)O)[C@@H](OP(=O)(O)OC[C@H]3O[C@@H](n4ccc(=O)[nH]c4=O)[C@H](O)[C@@H]3OP(=O)(O)OC[C@H]3O[C@@H](n4cnc5c(N)ncnc54)[C@H](O)[C@@H]3O)[C@H]2O)c(=O)[nH]1. The van der Waals surface area contributed by atoms with Crippen molar-refractivity contribution in [2.24, 2.45) is 0 Å². The molecule has 0 spiro atoms. The highest BCUT2D eigenvalue weighted by atomic mass is 31.2. The molecule has 0 saturated carbocycles. The summed E-state index contributed by atoms with van der Waals surface area (Å²) in [6, 6.07) is 0.848. The van der Waals surface area contributed by atoms with Gasteiger partial charge in [-0.15, -0.1) is 0 Å². The van der Waals surface area contributed by atoms with Crippen molar-refractivity contribution in [2.75, 3.05) is 31.3 Å². The molecule has 0 aromatic carbocycles. The third-order valence-corrected chi connectivity index (χ3v) is 12.6. The fourth-order valence-electron chi connectivity index (χ4n) is 7.21. The molecule has 3 aliphatic rings. The summed E-state index contributed by atoms with van der Waals surface area (Å²) < 4.78 is 83.4. The third kappa shape index (κ3) is 9.65. The average Bonchev–Trinajstić information content (AvgIpc) is 4.04. The number of H-pyrrole nitrogens is 2. The molecule has 8 heterocycles. The van der Waals surface area contributed by atoms with Crippen LogP contribution in [0.25, 0.3) is 22.3 Å². The maximum atomic E-state index is 13.5. The molecule has 66 heavy (non-hydrogen) atoms. The summed E-state index contributed by atoms with van der Waals surface area (Å²) >= 11 is 0. The Bertz CT molecular complexity index is 2940. The van der Waals surface area contributed by atoms with Crippen LogP contribution in [0.1, 0.15) is 18.7 Å². The quantitative estimate of drug-likeness (QED) is 0.0412. The van der Waals surface area contributed by atoms with Crippen molar-refractivity contribution in [3.05, 3.63) is 62.4 Å². The van der Waals surface area contributed by atoms with Gasteiger partial charge in [-0.3, -0.25) is 55.9 Å². The summed E-state index contributed by atoms with van der Waals surface area (Å²) in [6.45, 7) is -3.27. The monoisotopic (exact) mass is 998 g/mol. The van der Waals surface area contributed by atoms with Crippen LogP contribution in [0.4, 0.5) is 11.8 Å². The van der Waals surface area contributed by atoms with Gasteiger partial charge in [0, 0.05) is 12.3 Å². The zero-order valence-electron chi connectivity index (χ0n) is 32.8. The summed E-state index contributed by atoms with van der Waals surface area (Å²) in [5, 5.41) is 44.2. The van der Waals surface area contributed by atoms with Gasteiger partial charge >= 0.3 is 29.2 Å². The number of aliphatic hydroxyl groups is 4. The number of nitrogens with two attached hydrogens (primary N) is 2. The van der Waals surface area contributed by atoms with Gasteiger partial charge in [-0.25, -0.2) is 38.4 Å². The highest BCUT2D eigenvalue weighted by Gasteiger charge is 2.53. The largest absolute Gasteiger partial charge is 0.472 e. The number of rotatable bonds is 16. The number of ether oxygens (including phenoxy) is 3. The molecule has 5 aromatic heterocycles. The van der Waals surface area contributed by atoms with Crippen molar-refractivity contribution in [3.63, 3.8) is 0 Å². The van der Waals surface area contributed by atoms with Crippen LogP contribution < -0.4 is 28.3 Å². The molecular weight excluding hydrogens is 961 g/mol. The van der Waals surface area contributed by atoms with Crippen molar-refractivity contribution in [1.82, 2.24) is 48.6 Å². The second-order valence-electron chi connectivity index (χ2n) is 14.5. The van der Waals surface area contributed by atoms with Crippen LogP contribution in [-0.4, -0.2) is 163 Å². The first-order valence-electron chi connectivity index (χ1n) is 18.7. The van der Waals surface area contributed by atoms with E-state index in [1.54, 1.807) is 0 Å². The van der Waals surface area contributed by atoms with Gasteiger partial charge in [-0.2, -0.15) is 4.98 Å². The molecule has 8 rings (SSSR count). The van der Waals surface area contributed by atoms with Gasteiger partial charge in [0.25, 0.3) is 11.1 Å². The number of hydrogen-bond acceptors (Lipinski definition) is 25. The number of aromatic amines is 2. The highest BCUT2D eigenvalue weighted by molar-refractivity contribution is 7.47. The van der Waals surface area contributed by atoms with Crippen LogP contribution in [0, 0.1) is 0 Å². The van der Waals surface area contributed by atoms with Gasteiger partial charge in [0.2, 0.25) is 5.95 Å². The maximum absolute atomic E-state index is 13.5. The standard InChI is InChI=1S/C29H37N12O22P3/c30-21-13-22(33-6-32-21)40(7-34-13)25-16(44)15(43)9(59-25)3-57-65(52,53)63-20-11(60-26(17(20)45)39-2-1-12(42)36-29(39)48)5-58-66(54,55)62-19-10(4-56-64(49,50)51)61-27(18(19)46)41-8-35-14-23(41)37-28(31)38-24(14)47/h1-2,6-11,15-20,25-27,43-46H,3-5H2,(H,52,53)(H,54,55)(H2,30,32,33)(H,36,42,48)(H2,49,50,51)(H3,31,37,38,47)/t9-,10-,11-,15-,16-,17-,18-,19-,20-,25-,26-,27-/m1/s1. The summed E-state index contributed by atoms with van der Waals surface area (Å²) in [7, 11) is -16.3. The Balaban J connectivity index is 0.988. The molecule has 0 bridgehead atoms. The third-order valence-electron chi connectivity index (χ3n) is 10.2. The van der Waals surface area contributed by atoms with Crippen LogP contribution in [0.2, 0.25) is 0 Å². The lowest BCUT2D eigenvalue weighted by Gasteiger charge is -2.26. The van der Waals surface area contributed by atoms with E-state index in [1.165, 1.54) is 10.9 Å². The first kappa shape index (κ1) is 47.7. The van der Waals surface area contributed by atoms with Crippen molar-refractivity contribution < 1.29 is 90.5 Å². The summed E-state index contributed by atoms with van der Waals surface area (Å²) in [5.74, 6) is -0.393. The Kier molecular flexibility index (Phi) is 13.0. The Morgan fingerprint density at radius 1 is 0.652 bits per heavy atom. The zero-order chi connectivity index (χ0) is 47.6. The van der Waals surface area contributed by atoms with E-state index in [-0.39, 0.29) is 34.1 Å². The molecule has 37 heteroatoms. The number of hydrogen-bond donors (Lipinski definition) is 12. The smallest absolute Gasteiger partial charge is 0.387 e. The number of aliphatic hydroxyl groups excluding tert-OH is 4. The van der Waals surface area contributed by atoms with Crippen molar-refractivity contribution in [3.8, 4) is 0 Å². The zero-order valence-corrected chi connectivity index (χ0v) is 35.5. The molecular formula is C29H37N12O22P3. The van der Waals surface area contributed by atoms with E-state index in [0.717, 1.165) is 29.5 Å². The molecule has 360 valence electrons. The summed E-state index contributed by atoms with van der Waals surface area (Å²) in [4.78, 5) is 101. The van der Waals surface area contributed by atoms with Gasteiger partial charge in [0.15, 0.2) is 41.3 Å². The van der Waals surface area contributed by atoms with Crippen LogP contribution in [0.5, 0.6) is 0 Å². The number of fused-ring (bicyclic) bond motifs is 2. The fourth-order valence-corrected chi connectivity index (χ4v) is 9.48. The van der Waals surface area contributed by atoms with Crippen LogP contribution in [0.15, 0.2) is 45.6 Å². The minimum absolute atomic E-state index is 0.00501. The Hall–Kier alpha value is -4.77. The van der Waals surface area contributed by atoms with E-state index < -0.39 is 134 Å².